The molecule has 0 unspecified atom stereocenters. The van der Waals surface area contributed by atoms with E-state index in [1.165, 1.54) is 6.07 Å². The maximum absolute atomic E-state index is 10.5. The van der Waals surface area contributed by atoms with Gasteiger partial charge in [-0.25, -0.2) is 4.79 Å². The average molecular weight is 287 g/mol. The van der Waals surface area contributed by atoms with Gasteiger partial charge in [0, 0.05) is 5.56 Å². The molecule has 0 radical (unpaired) electrons. The van der Waals surface area contributed by atoms with Gasteiger partial charge in [-0.1, -0.05) is 25.4 Å². The van der Waals surface area contributed by atoms with Gasteiger partial charge < -0.3 is 15.2 Å². The van der Waals surface area contributed by atoms with Gasteiger partial charge in [-0.15, -0.1) is 0 Å². The van der Waals surface area contributed by atoms with Crippen LogP contribution in [0.25, 0.3) is 0 Å². The van der Waals surface area contributed by atoms with Gasteiger partial charge in [-0.2, -0.15) is 0 Å². The second-order valence-electron chi connectivity index (χ2n) is 3.56. The van der Waals surface area contributed by atoms with Crippen molar-refractivity contribution in [2.75, 3.05) is 0 Å². The monoisotopic (exact) mass is 286 g/mol. The Morgan fingerprint density at radius 3 is 2.37 bits per heavy atom. The highest BCUT2D eigenvalue weighted by Crippen LogP contribution is 2.26. The normalized spacial score (nSPS) is 9.37. The van der Waals surface area contributed by atoms with E-state index in [4.69, 9.17) is 27.5 Å². The molecule has 106 valence electrons. The number of carbonyl (C=O) groups excluding carboxylic acids is 1. The highest BCUT2D eigenvalue weighted by molar-refractivity contribution is 6.32. The summed E-state index contributed by atoms with van der Waals surface area (Å²) >= 11 is 5.96. The number of primary amides is 1. The molecule has 0 fully saturated rings. The zero-order chi connectivity index (χ0) is 15.0. The molecule has 0 atom stereocenters. The average Bonchev–Trinajstić information content (AvgIpc) is 2.33. The van der Waals surface area contributed by atoms with Crippen LogP contribution in [-0.2, 0) is 4.74 Å². The molecular formula is C13H19ClN2O3. The van der Waals surface area contributed by atoms with Crippen molar-refractivity contribution in [1.82, 2.24) is 0 Å². The van der Waals surface area contributed by atoms with E-state index in [1.54, 1.807) is 12.1 Å². The number of halogens is 1. The molecule has 0 aliphatic heterocycles. The first-order valence-electron chi connectivity index (χ1n) is 5.92. The summed E-state index contributed by atoms with van der Waals surface area (Å²) in [6.45, 7) is 7.75. The minimum absolute atomic E-state index is 0.000305. The Morgan fingerprint density at radius 1 is 1.37 bits per heavy atom. The minimum atomic E-state index is -1.03. The van der Waals surface area contributed by atoms with Crippen molar-refractivity contribution in [3.63, 3.8) is 0 Å². The summed E-state index contributed by atoms with van der Waals surface area (Å²) in [7, 11) is 0. The van der Waals surface area contributed by atoms with Gasteiger partial charge in [0.25, 0.3) is 0 Å². The second kappa shape index (κ2) is 8.37. The number of carbonyl (C=O) groups is 1. The predicted molar refractivity (Wildman–Crippen MR) is 76.1 cm³/mol. The molecule has 1 rings (SSSR count). The third-order valence-electron chi connectivity index (χ3n) is 1.76. The molecule has 0 aliphatic rings. The first kappa shape index (κ1) is 17.2. The maximum Gasteiger partial charge on any atom is 0.411 e. The van der Waals surface area contributed by atoms with Gasteiger partial charge in [-0.3, -0.25) is 5.41 Å². The summed E-state index contributed by atoms with van der Waals surface area (Å²) in [5.74, 6) is 0.160. The summed E-state index contributed by atoms with van der Waals surface area (Å²) in [6.07, 6.45) is -1.03. The molecular weight excluding hydrogens is 268 g/mol. The van der Waals surface area contributed by atoms with E-state index < -0.39 is 6.09 Å². The van der Waals surface area contributed by atoms with Crippen LogP contribution < -0.4 is 10.5 Å². The van der Waals surface area contributed by atoms with Gasteiger partial charge in [0.2, 0.25) is 5.90 Å². The molecule has 0 spiro atoms. The van der Waals surface area contributed by atoms with Crippen molar-refractivity contribution in [1.29, 1.82) is 5.41 Å². The Morgan fingerprint density at radius 2 is 1.95 bits per heavy atom. The molecule has 0 bridgehead atoms. The lowest BCUT2D eigenvalue weighted by molar-refractivity contribution is 0.208. The standard InChI is InChI=1S/C11H13ClN2O3.C2H6/c1-6(2)16-9-4-3-7(5-8(9)12)10(13)17-11(14)15;1-2/h3-6,13H,1-2H3,(H2,14,15);1-2H3. The van der Waals surface area contributed by atoms with E-state index in [9.17, 15) is 4.79 Å². The number of nitrogens with one attached hydrogen (secondary N) is 1. The van der Waals surface area contributed by atoms with Gasteiger partial charge in [-0.05, 0) is 32.0 Å². The number of nitrogens with two attached hydrogens (primary N) is 1. The van der Waals surface area contributed by atoms with Gasteiger partial charge in [0.15, 0.2) is 0 Å². The van der Waals surface area contributed by atoms with Crippen molar-refractivity contribution in [3.05, 3.63) is 28.8 Å². The Balaban J connectivity index is 0.00000154. The number of amides is 1. The second-order valence-corrected chi connectivity index (χ2v) is 3.97. The van der Waals surface area contributed by atoms with E-state index in [1.807, 2.05) is 27.7 Å². The fourth-order valence-electron chi connectivity index (χ4n) is 1.15. The fourth-order valence-corrected chi connectivity index (χ4v) is 1.38. The number of hydrogen-bond acceptors (Lipinski definition) is 4. The molecule has 0 aliphatic carbocycles. The lowest BCUT2D eigenvalue weighted by Crippen LogP contribution is -2.18. The van der Waals surface area contributed by atoms with Crippen LogP contribution in [0.15, 0.2) is 18.2 Å². The van der Waals surface area contributed by atoms with Gasteiger partial charge in [0.05, 0.1) is 11.1 Å². The first-order chi connectivity index (χ1) is 8.90. The molecule has 0 saturated heterocycles. The Kier molecular flexibility index (Phi) is 7.60. The Labute approximate surface area is 118 Å². The lowest BCUT2D eigenvalue weighted by Gasteiger charge is -2.12. The molecule has 0 aromatic heterocycles. The largest absolute Gasteiger partial charge is 0.489 e. The molecule has 6 heteroatoms. The Hall–Kier alpha value is -1.75. The molecule has 1 aromatic rings. The van der Waals surface area contributed by atoms with Crippen molar-refractivity contribution >= 4 is 23.6 Å². The van der Waals surface area contributed by atoms with Crippen LogP contribution in [-0.4, -0.2) is 18.1 Å². The highest BCUT2D eigenvalue weighted by atomic mass is 35.5. The molecule has 1 aromatic carbocycles. The topological polar surface area (TPSA) is 85.4 Å². The molecule has 5 nitrogen and oxygen atoms in total. The maximum atomic E-state index is 10.5. The van der Waals surface area contributed by atoms with Gasteiger partial charge >= 0.3 is 6.09 Å². The quantitative estimate of drug-likeness (QED) is 0.658. The van der Waals surface area contributed by atoms with E-state index in [-0.39, 0.29) is 12.0 Å². The van der Waals surface area contributed by atoms with Gasteiger partial charge in [0.1, 0.15) is 5.75 Å². The van der Waals surface area contributed by atoms with E-state index >= 15 is 0 Å². The van der Waals surface area contributed by atoms with Crippen LogP contribution >= 0.6 is 11.6 Å². The van der Waals surface area contributed by atoms with Crippen LogP contribution in [0.3, 0.4) is 0 Å². The summed E-state index contributed by atoms with van der Waals surface area (Å²) < 4.78 is 9.86. The molecule has 1 amide bonds. The zero-order valence-electron chi connectivity index (χ0n) is 11.5. The smallest absolute Gasteiger partial charge is 0.411 e. The first-order valence-corrected chi connectivity index (χ1v) is 6.30. The summed E-state index contributed by atoms with van der Waals surface area (Å²) in [4.78, 5) is 10.5. The van der Waals surface area contributed by atoms with Crippen molar-refractivity contribution in [2.45, 2.75) is 33.8 Å². The molecule has 3 N–H and O–H groups in total. The van der Waals surface area contributed by atoms with E-state index in [0.717, 1.165) is 0 Å². The lowest BCUT2D eigenvalue weighted by atomic mass is 10.2. The summed E-state index contributed by atoms with van der Waals surface area (Å²) in [6, 6.07) is 4.65. The van der Waals surface area contributed by atoms with Crippen LogP contribution in [0.1, 0.15) is 33.3 Å². The summed E-state index contributed by atoms with van der Waals surface area (Å²) in [5.41, 5.74) is 5.16. The molecule has 19 heavy (non-hydrogen) atoms. The number of hydrogen-bond donors (Lipinski definition) is 2. The number of rotatable bonds is 3. The molecule has 0 saturated carbocycles. The van der Waals surface area contributed by atoms with Crippen molar-refractivity contribution in [2.24, 2.45) is 5.73 Å². The SMILES string of the molecule is CC.CC(C)Oc1ccc(C(=N)OC(N)=O)cc1Cl. The van der Waals surface area contributed by atoms with Crippen LogP contribution in [0, 0.1) is 5.41 Å². The van der Waals surface area contributed by atoms with E-state index in [2.05, 4.69) is 4.74 Å². The van der Waals surface area contributed by atoms with Crippen LogP contribution in [0.5, 0.6) is 5.75 Å². The summed E-state index contributed by atoms with van der Waals surface area (Å²) in [5, 5.41) is 7.79. The van der Waals surface area contributed by atoms with E-state index in [0.29, 0.717) is 16.3 Å². The predicted octanol–water partition coefficient (Wildman–Crippen LogP) is 3.57. The van der Waals surface area contributed by atoms with Crippen molar-refractivity contribution in [3.8, 4) is 5.75 Å². The molecule has 0 heterocycles. The van der Waals surface area contributed by atoms with Crippen molar-refractivity contribution < 1.29 is 14.3 Å². The fraction of sp³-hybridized carbons (Fsp3) is 0.385. The number of ether oxygens (including phenoxy) is 2. The third kappa shape index (κ3) is 6.10. The minimum Gasteiger partial charge on any atom is -0.489 e. The third-order valence-corrected chi connectivity index (χ3v) is 2.05. The highest BCUT2D eigenvalue weighted by Gasteiger charge is 2.10. The van der Waals surface area contributed by atoms with Crippen LogP contribution in [0.4, 0.5) is 4.79 Å². The number of benzene rings is 1. The van der Waals surface area contributed by atoms with Crippen LogP contribution in [0.2, 0.25) is 5.02 Å². The zero-order valence-corrected chi connectivity index (χ0v) is 12.2. The Bertz CT molecular complexity index is 448.